The summed E-state index contributed by atoms with van der Waals surface area (Å²) in [4.78, 5) is 23.9. The highest BCUT2D eigenvalue weighted by Crippen LogP contribution is 2.29. The number of nitrogens with one attached hydrogen (secondary N) is 1. The summed E-state index contributed by atoms with van der Waals surface area (Å²) in [6, 6.07) is 19.1. The van der Waals surface area contributed by atoms with Gasteiger partial charge < -0.3 is 10.1 Å². The zero-order valence-corrected chi connectivity index (χ0v) is 13.4. The number of hydrogen-bond donors (Lipinski definition) is 1. The first-order chi connectivity index (χ1) is 12.2. The molecule has 4 rings (SSSR count). The highest BCUT2D eigenvalue weighted by atomic mass is 16.5. The van der Waals surface area contributed by atoms with Crippen LogP contribution in [0.4, 0.5) is 5.69 Å². The van der Waals surface area contributed by atoms with Gasteiger partial charge in [0.05, 0.1) is 5.69 Å². The van der Waals surface area contributed by atoms with Crippen molar-refractivity contribution in [2.24, 2.45) is 0 Å². The van der Waals surface area contributed by atoms with E-state index in [0.717, 1.165) is 16.3 Å². The molecule has 1 N–H and O–H groups in total. The maximum absolute atomic E-state index is 12.5. The van der Waals surface area contributed by atoms with Crippen LogP contribution in [0.3, 0.4) is 0 Å². The average molecular weight is 329 g/mol. The number of amides is 1. The number of anilines is 1. The molecule has 1 aliphatic heterocycles. The van der Waals surface area contributed by atoms with Crippen LogP contribution in [-0.2, 0) is 4.79 Å². The van der Waals surface area contributed by atoms with Gasteiger partial charge in [-0.15, -0.1) is 0 Å². The van der Waals surface area contributed by atoms with Crippen molar-refractivity contribution in [3.8, 4) is 5.75 Å². The molecule has 122 valence electrons. The maximum Gasteiger partial charge on any atom is 0.262 e. The van der Waals surface area contributed by atoms with Gasteiger partial charge in [-0.3, -0.25) is 9.59 Å². The fourth-order valence-corrected chi connectivity index (χ4v) is 2.89. The van der Waals surface area contributed by atoms with Crippen molar-refractivity contribution in [3.63, 3.8) is 0 Å². The van der Waals surface area contributed by atoms with Crippen molar-refractivity contribution < 1.29 is 14.3 Å². The smallest absolute Gasteiger partial charge is 0.262 e. The Hall–Kier alpha value is -3.40. The molecule has 3 aromatic carbocycles. The van der Waals surface area contributed by atoms with Gasteiger partial charge in [-0.05, 0) is 40.6 Å². The van der Waals surface area contributed by atoms with Crippen LogP contribution in [0.5, 0.6) is 5.75 Å². The van der Waals surface area contributed by atoms with Crippen LogP contribution in [-0.4, -0.2) is 18.3 Å². The number of ether oxygens (including phenoxy) is 1. The molecule has 1 aliphatic rings. The van der Waals surface area contributed by atoms with E-state index in [2.05, 4.69) is 5.32 Å². The number of fused-ring (bicyclic) bond motifs is 2. The van der Waals surface area contributed by atoms with Gasteiger partial charge in [0, 0.05) is 5.56 Å². The van der Waals surface area contributed by atoms with Crippen molar-refractivity contribution in [1.82, 2.24) is 0 Å². The van der Waals surface area contributed by atoms with Crippen LogP contribution in [0.1, 0.15) is 15.9 Å². The zero-order chi connectivity index (χ0) is 17.2. The zero-order valence-electron chi connectivity index (χ0n) is 13.4. The van der Waals surface area contributed by atoms with E-state index < -0.39 is 0 Å². The van der Waals surface area contributed by atoms with Gasteiger partial charge in [0.2, 0.25) is 0 Å². The van der Waals surface area contributed by atoms with E-state index in [4.69, 9.17) is 4.74 Å². The van der Waals surface area contributed by atoms with Crippen molar-refractivity contribution in [2.75, 3.05) is 11.9 Å². The lowest BCUT2D eigenvalue weighted by atomic mass is 10.0. The van der Waals surface area contributed by atoms with Crippen molar-refractivity contribution in [2.45, 2.75) is 0 Å². The predicted octanol–water partition coefficient (Wildman–Crippen LogP) is 4.07. The first-order valence-corrected chi connectivity index (χ1v) is 7.97. The minimum atomic E-state index is -0.219. The Balaban J connectivity index is 1.62. The van der Waals surface area contributed by atoms with E-state index in [1.807, 2.05) is 48.5 Å². The number of benzene rings is 3. The summed E-state index contributed by atoms with van der Waals surface area (Å²) in [6.45, 7) is 0.00127. The van der Waals surface area contributed by atoms with Crippen molar-refractivity contribution in [1.29, 1.82) is 0 Å². The summed E-state index contributed by atoms with van der Waals surface area (Å²) in [7, 11) is 0. The largest absolute Gasteiger partial charge is 0.482 e. The summed E-state index contributed by atoms with van der Waals surface area (Å²) >= 11 is 0. The molecule has 0 fully saturated rings. The van der Waals surface area contributed by atoms with Crippen LogP contribution in [0.15, 0.2) is 66.7 Å². The third-order valence-electron chi connectivity index (χ3n) is 4.13. The fraction of sp³-hybridized carbons (Fsp3) is 0.0476. The van der Waals surface area contributed by atoms with Gasteiger partial charge >= 0.3 is 0 Å². The number of hydrogen-bond acceptors (Lipinski definition) is 3. The normalized spacial score (nSPS) is 13.4. The minimum Gasteiger partial charge on any atom is -0.482 e. The third-order valence-corrected chi connectivity index (χ3v) is 4.13. The first kappa shape index (κ1) is 15.1. The summed E-state index contributed by atoms with van der Waals surface area (Å²) < 4.78 is 5.31. The lowest BCUT2D eigenvalue weighted by Crippen LogP contribution is -2.25. The molecule has 0 saturated carbocycles. The molecule has 1 heterocycles. The minimum absolute atomic E-state index is 0.00127. The maximum atomic E-state index is 12.5. The molecule has 0 unspecified atom stereocenters. The molecule has 4 nitrogen and oxygen atoms in total. The van der Waals surface area contributed by atoms with E-state index in [1.165, 1.54) is 0 Å². The summed E-state index contributed by atoms with van der Waals surface area (Å²) in [6.07, 6.45) is 3.37. The van der Waals surface area contributed by atoms with Crippen LogP contribution in [0, 0.1) is 0 Å². The molecule has 3 aromatic rings. The molecule has 0 aromatic heterocycles. The third kappa shape index (κ3) is 3.02. The molecular formula is C21H15NO3. The van der Waals surface area contributed by atoms with Gasteiger partial charge in [-0.1, -0.05) is 48.5 Å². The summed E-state index contributed by atoms with van der Waals surface area (Å²) in [5.41, 5.74) is 2.02. The van der Waals surface area contributed by atoms with Gasteiger partial charge in [-0.2, -0.15) is 0 Å². The molecule has 1 amide bonds. The Morgan fingerprint density at radius 3 is 2.80 bits per heavy atom. The summed E-state index contributed by atoms with van der Waals surface area (Å²) in [5, 5.41) is 4.94. The predicted molar refractivity (Wildman–Crippen MR) is 97.9 cm³/mol. The number of carbonyl (C=O) groups excluding carboxylic acids is 2. The van der Waals surface area contributed by atoms with E-state index in [-0.39, 0.29) is 18.3 Å². The number of ketones is 1. The Bertz CT molecular complexity index is 1020. The lowest BCUT2D eigenvalue weighted by molar-refractivity contribution is -0.118. The molecule has 0 aliphatic carbocycles. The van der Waals surface area contributed by atoms with Crippen molar-refractivity contribution >= 4 is 34.2 Å². The van der Waals surface area contributed by atoms with E-state index in [9.17, 15) is 9.59 Å². The molecule has 0 spiro atoms. The van der Waals surface area contributed by atoms with Crippen LogP contribution < -0.4 is 10.1 Å². The fourth-order valence-electron chi connectivity index (χ4n) is 2.89. The molecule has 0 bridgehead atoms. The topological polar surface area (TPSA) is 55.4 Å². The van der Waals surface area contributed by atoms with Crippen molar-refractivity contribution in [3.05, 3.63) is 77.9 Å². The number of carbonyl (C=O) groups is 2. The van der Waals surface area contributed by atoms with Crippen LogP contribution in [0.25, 0.3) is 16.8 Å². The quantitative estimate of drug-likeness (QED) is 0.582. The average Bonchev–Trinajstić information content (AvgIpc) is 2.65. The van der Waals surface area contributed by atoms with E-state index >= 15 is 0 Å². The second kappa shape index (κ2) is 6.24. The number of allylic oxidation sites excluding steroid dienone is 1. The Labute approximate surface area is 144 Å². The molecular weight excluding hydrogens is 314 g/mol. The molecule has 0 atom stereocenters. The van der Waals surface area contributed by atoms with E-state index in [1.54, 1.807) is 24.3 Å². The summed E-state index contributed by atoms with van der Waals surface area (Å²) in [5.74, 6) is 0.230. The van der Waals surface area contributed by atoms with Crippen LogP contribution in [0.2, 0.25) is 0 Å². The highest BCUT2D eigenvalue weighted by Gasteiger charge is 2.17. The molecule has 0 radical (unpaired) electrons. The Kier molecular flexibility index (Phi) is 3.78. The number of rotatable bonds is 3. The lowest BCUT2D eigenvalue weighted by Gasteiger charge is -2.17. The standard InChI is InChI=1S/C21H15NO3/c23-19(16-9-11-20-18(12-16)22-21(24)13-25-20)10-8-15-6-3-5-14-4-1-2-7-17(14)15/h1-12H,13H2,(H,22,24)/b10-8+. The van der Waals surface area contributed by atoms with Gasteiger partial charge in [0.15, 0.2) is 12.4 Å². The SMILES string of the molecule is O=C1COc2ccc(C(=O)/C=C/c3cccc4ccccc34)cc2N1. The van der Waals surface area contributed by atoms with Gasteiger partial charge in [-0.25, -0.2) is 0 Å². The molecule has 25 heavy (non-hydrogen) atoms. The first-order valence-electron chi connectivity index (χ1n) is 7.97. The monoisotopic (exact) mass is 329 g/mol. The van der Waals surface area contributed by atoms with Crippen LogP contribution >= 0.6 is 0 Å². The van der Waals surface area contributed by atoms with Gasteiger partial charge in [0.25, 0.3) is 5.91 Å². The molecule has 4 heteroatoms. The highest BCUT2D eigenvalue weighted by molar-refractivity contribution is 6.09. The molecule has 0 saturated heterocycles. The van der Waals surface area contributed by atoms with E-state index in [0.29, 0.717) is 17.0 Å². The second-order valence-corrected chi connectivity index (χ2v) is 5.81. The Morgan fingerprint density at radius 2 is 1.88 bits per heavy atom. The second-order valence-electron chi connectivity index (χ2n) is 5.81. The Morgan fingerprint density at radius 1 is 1.04 bits per heavy atom. The van der Waals surface area contributed by atoms with Gasteiger partial charge in [0.1, 0.15) is 5.75 Å².